The fraction of sp³-hybridized carbons (Fsp3) is 0.714. The highest BCUT2D eigenvalue weighted by molar-refractivity contribution is 7.09. The quantitative estimate of drug-likeness (QED) is 0.869. The van der Waals surface area contributed by atoms with Gasteiger partial charge in [0, 0.05) is 5.38 Å². The first-order chi connectivity index (χ1) is 9.61. The molecule has 0 radical (unpaired) electrons. The number of nitrogens with one attached hydrogen (secondary N) is 1. The molecular weight excluding hydrogens is 345 g/mol. The van der Waals surface area contributed by atoms with Gasteiger partial charge in [0.15, 0.2) is 0 Å². The number of carbonyl (C=O) groups is 1. The summed E-state index contributed by atoms with van der Waals surface area (Å²) in [5.74, 6) is 0.0762. The fourth-order valence-electron chi connectivity index (χ4n) is 3.20. The van der Waals surface area contributed by atoms with Gasteiger partial charge >= 0.3 is 0 Å². The molecule has 0 bridgehead atoms. The van der Waals surface area contributed by atoms with Gasteiger partial charge < -0.3 is 15.0 Å². The first kappa shape index (κ1) is 19.6. The predicted molar refractivity (Wildman–Crippen MR) is 92.1 cm³/mol. The first-order valence-corrected chi connectivity index (χ1v) is 8.04. The van der Waals surface area contributed by atoms with E-state index in [1.54, 1.807) is 11.3 Å². The van der Waals surface area contributed by atoms with E-state index in [0.717, 1.165) is 36.6 Å². The second-order valence-electron chi connectivity index (χ2n) is 5.66. The molecule has 126 valence electrons. The molecule has 3 heterocycles. The SMILES string of the molecule is Cc1nc(CN2C(=O)COC3(CCNCC3)C2C)cs1.Cl.Cl. The third-order valence-corrected chi connectivity index (χ3v) is 5.30. The predicted octanol–water partition coefficient (Wildman–Crippen LogP) is 2.16. The van der Waals surface area contributed by atoms with Gasteiger partial charge in [-0.3, -0.25) is 4.79 Å². The van der Waals surface area contributed by atoms with Crippen LogP contribution in [0.25, 0.3) is 0 Å². The van der Waals surface area contributed by atoms with Crippen LogP contribution in [0.1, 0.15) is 30.5 Å². The lowest BCUT2D eigenvalue weighted by Gasteiger charge is -2.49. The zero-order valence-electron chi connectivity index (χ0n) is 12.8. The maximum Gasteiger partial charge on any atom is 0.249 e. The zero-order valence-corrected chi connectivity index (χ0v) is 15.3. The summed E-state index contributed by atoms with van der Waals surface area (Å²) in [7, 11) is 0. The molecule has 0 aliphatic carbocycles. The molecule has 1 N–H and O–H groups in total. The van der Waals surface area contributed by atoms with Crippen molar-refractivity contribution < 1.29 is 9.53 Å². The molecule has 22 heavy (non-hydrogen) atoms. The average molecular weight is 368 g/mol. The van der Waals surface area contributed by atoms with Gasteiger partial charge in [-0.05, 0) is 39.8 Å². The van der Waals surface area contributed by atoms with E-state index in [2.05, 4.69) is 17.2 Å². The average Bonchev–Trinajstić information content (AvgIpc) is 2.86. The van der Waals surface area contributed by atoms with E-state index in [1.165, 1.54) is 0 Å². The zero-order chi connectivity index (χ0) is 14.2. The summed E-state index contributed by atoms with van der Waals surface area (Å²) in [5, 5.41) is 6.45. The van der Waals surface area contributed by atoms with Crippen LogP contribution in [0.4, 0.5) is 0 Å². The number of piperidine rings is 1. The Labute approximate surface area is 147 Å². The minimum absolute atomic E-state index is 0. The summed E-state index contributed by atoms with van der Waals surface area (Å²) in [6, 6.07) is 0.104. The second kappa shape index (κ2) is 7.93. The van der Waals surface area contributed by atoms with Crippen LogP contribution in [-0.2, 0) is 16.1 Å². The largest absolute Gasteiger partial charge is 0.363 e. The van der Waals surface area contributed by atoms with Crippen molar-refractivity contribution in [2.45, 2.75) is 44.9 Å². The molecule has 1 atom stereocenters. The van der Waals surface area contributed by atoms with Gasteiger partial charge in [-0.25, -0.2) is 4.98 Å². The van der Waals surface area contributed by atoms with Crippen molar-refractivity contribution in [3.8, 4) is 0 Å². The lowest BCUT2D eigenvalue weighted by Crippen LogP contribution is -2.63. The summed E-state index contributed by atoms with van der Waals surface area (Å²) < 4.78 is 5.96. The molecule has 3 rings (SSSR count). The number of nitrogens with zero attached hydrogens (tertiary/aromatic N) is 2. The molecule has 1 unspecified atom stereocenters. The Bertz CT molecular complexity index is 506. The topological polar surface area (TPSA) is 54.5 Å². The summed E-state index contributed by atoms with van der Waals surface area (Å²) in [6.07, 6.45) is 1.93. The molecule has 2 aliphatic heterocycles. The second-order valence-corrected chi connectivity index (χ2v) is 6.72. The number of halogens is 2. The maximum atomic E-state index is 12.2. The first-order valence-electron chi connectivity index (χ1n) is 7.16. The maximum absolute atomic E-state index is 12.2. The minimum atomic E-state index is -0.176. The summed E-state index contributed by atoms with van der Waals surface area (Å²) in [4.78, 5) is 18.6. The molecule has 1 amide bonds. The Morgan fingerprint density at radius 3 is 2.73 bits per heavy atom. The van der Waals surface area contributed by atoms with Gasteiger partial charge in [0.25, 0.3) is 0 Å². The van der Waals surface area contributed by atoms with Crippen LogP contribution < -0.4 is 5.32 Å². The monoisotopic (exact) mass is 367 g/mol. The lowest BCUT2D eigenvalue weighted by atomic mass is 9.83. The minimum Gasteiger partial charge on any atom is -0.363 e. The number of thiazole rings is 1. The van der Waals surface area contributed by atoms with Gasteiger partial charge in [0.1, 0.15) is 6.61 Å². The number of aromatic nitrogens is 1. The number of ether oxygens (including phenoxy) is 1. The van der Waals surface area contributed by atoms with E-state index in [0.29, 0.717) is 6.54 Å². The molecule has 2 aliphatic rings. The Morgan fingerprint density at radius 2 is 2.14 bits per heavy atom. The van der Waals surface area contributed by atoms with Crippen molar-refractivity contribution in [3.05, 3.63) is 16.1 Å². The highest BCUT2D eigenvalue weighted by Gasteiger charge is 2.46. The molecule has 0 aromatic carbocycles. The molecule has 8 heteroatoms. The van der Waals surface area contributed by atoms with E-state index >= 15 is 0 Å². The van der Waals surface area contributed by atoms with Crippen LogP contribution in [0, 0.1) is 6.92 Å². The van der Waals surface area contributed by atoms with E-state index in [-0.39, 0.29) is 49.0 Å². The van der Waals surface area contributed by atoms with E-state index in [9.17, 15) is 4.79 Å². The third-order valence-electron chi connectivity index (χ3n) is 4.48. The van der Waals surface area contributed by atoms with Crippen molar-refractivity contribution in [2.24, 2.45) is 0 Å². The summed E-state index contributed by atoms with van der Waals surface area (Å²) >= 11 is 1.63. The Hall–Kier alpha value is -0.400. The summed E-state index contributed by atoms with van der Waals surface area (Å²) in [5.41, 5.74) is 0.809. The van der Waals surface area contributed by atoms with Crippen molar-refractivity contribution in [3.63, 3.8) is 0 Å². The summed E-state index contributed by atoms with van der Waals surface area (Å²) in [6.45, 7) is 6.83. The van der Waals surface area contributed by atoms with Gasteiger partial charge in [-0.1, -0.05) is 0 Å². The number of rotatable bonds is 2. The van der Waals surface area contributed by atoms with Crippen LogP contribution in [0.5, 0.6) is 0 Å². The molecule has 2 fully saturated rings. The highest BCUT2D eigenvalue weighted by atomic mass is 35.5. The van der Waals surface area contributed by atoms with Crippen molar-refractivity contribution in [2.75, 3.05) is 19.7 Å². The van der Waals surface area contributed by atoms with Crippen molar-refractivity contribution >= 4 is 42.1 Å². The normalized spacial score (nSPS) is 23.8. The Kier molecular flexibility index (Phi) is 7.08. The third kappa shape index (κ3) is 3.74. The van der Waals surface area contributed by atoms with Gasteiger partial charge in [0.2, 0.25) is 5.91 Å². The van der Waals surface area contributed by atoms with Gasteiger partial charge in [-0.15, -0.1) is 36.2 Å². The van der Waals surface area contributed by atoms with Crippen LogP contribution in [0.15, 0.2) is 5.38 Å². The van der Waals surface area contributed by atoms with Crippen LogP contribution in [-0.4, -0.2) is 47.1 Å². The van der Waals surface area contributed by atoms with Crippen LogP contribution >= 0.6 is 36.2 Å². The number of carbonyl (C=O) groups excluding carboxylic acids is 1. The molecule has 5 nitrogen and oxygen atoms in total. The van der Waals surface area contributed by atoms with E-state index in [4.69, 9.17) is 4.74 Å². The lowest BCUT2D eigenvalue weighted by molar-refractivity contribution is -0.183. The van der Waals surface area contributed by atoms with Crippen molar-refractivity contribution in [1.29, 1.82) is 0 Å². The van der Waals surface area contributed by atoms with Crippen molar-refractivity contribution in [1.82, 2.24) is 15.2 Å². The van der Waals surface area contributed by atoms with Gasteiger partial charge in [-0.2, -0.15) is 0 Å². The Balaban J connectivity index is 0.00000121. The number of amides is 1. The number of aryl methyl sites for hydroxylation is 1. The standard InChI is InChI=1S/C14H21N3O2S.2ClH/c1-10-14(3-5-15-6-4-14)19-8-13(18)17(10)7-12-9-20-11(2)16-12;;/h9-10,15H,3-8H2,1-2H3;2*1H. The smallest absolute Gasteiger partial charge is 0.249 e. The van der Waals surface area contributed by atoms with E-state index in [1.807, 2.05) is 17.2 Å². The molecule has 2 saturated heterocycles. The highest BCUT2D eigenvalue weighted by Crippen LogP contribution is 2.34. The van der Waals surface area contributed by atoms with Crippen LogP contribution in [0.3, 0.4) is 0 Å². The molecular formula is C14H23Cl2N3O2S. The number of hydrogen-bond acceptors (Lipinski definition) is 5. The molecule has 1 aromatic heterocycles. The van der Waals surface area contributed by atoms with Gasteiger partial charge in [0.05, 0.1) is 28.9 Å². The number of hydrogen-bond donors (Lipinski definition) is 1. The van der Waals surface area contributed by atoms with Crippen LogP contribution in [0.2, 0.25) is 0 Å². The van der Waals surface area contributed by atoms with E-state index < -0.39 is 0 Å². The molecule has 1 spiro atoms. The molecule has 0 saturated carbocycles. The molecule has 1 aromatic rings. The Morgan fingerprint density at radius 1 is 1.45 bits per heavy atom. The number of morpholine rings is 1. The fourth-order valence-corrected chi connectivity index (χ4v) is 3.81.